The Labute approximate surface area is 150 Å². The van der Waals surface area contributed by atoms with Crippen LogP contribution in [-0.2, 0) is 4.79 Å². The average Bonchev–Trinajstić information content (AvgIpc) is 2.54. The summed E-state index contributed by atoms with van der Waals surface area (Å²) in [4.78, 5) is 31.6. The molecule has 2 rings (SSSR count). The zero-order valence-corrected chi connectivity index (χ0v) is 15.7. The third-order valence-corrected chi connectivity index (χ3v) is 4.97. The lowest BCUT2D eigenvalue weighted by Crippen LogP contribution is -2.17. The lowest BCUT2D eigenvalue weighted by Gasteiger charge is -2.11. The Hall–Kier alpha value is -2.48. The molecule has 1 heterocycles. The maximum Gasteiger partial charge on any atom is 0.293 e. The molecule has 8 heteroatoms. The van der Waals surface area contributed by atoms with Crippen LogP contribution in [0.3, 0.4) is 0 Å². The molecule has 0 unspecified atom stereocenters. The Bertz CT molecular complexity index is 829. The first-order chi connectivity index (χ1) is 11.7. The molecule has 0 atom stereocenters. The lowest BCUT2D eigenvalue weighted by atomic mass is 10.1. The van der Waals surface area contributed by atoms with Crippen molar-refractivity contribution in [3.05, 3.63) is 50.3 Å². The van der Waals surface area contributed by atoms with Crippen LogP contribution >= 0.6 is 11.8 Å². The molecule has 132 valence electrons. The highest BCUT2D eigenvalue weighted by molar-refractivity contribution is 7.99. The van der Waals surface area contributed by atoms with Crippen LogP contribution in [0.5, 0.6) is 0 Å². The number of nitro groups is 1. The highest BCUT2D eigenvalue weighted by Gasteiger charge is 2.19. The predicted molar refractivity (Wildman–Crippen MR) is 98.2 cm³/mol. The molecule has 0 saturated carbocycles. The van der Waals surface area contributed by atoms with E-state index >= 15 is 0 Å². The van der Waals surface area contributed by atoms with Crippen LogP contribution in [0.15, 0.2) is 17.3 Å². The molecule has 0 spiro atoms. The fraction of sp³-hybridized carbons (Fsp3) is 0.353. The minimum Gasteiger partial charge on any atom is -0.319 e. The van der Waals surface area contributed by atoms with E-state index in [-0.39, 0.29) is 23.0 Å². The van der Waals surface area contributed by atoms with Gasteiger partial charge in [-0.25, -0.2) is 9.97 Å². The van der Waals surface area contributed by atoms with Gasteiger partial charge in [0.05, 0.1) is 10.7 Å². The quantitative estimate of drug-likeness (QED) is 0.378. The molecular weight excluding hydrogens is 340 g/mol. The van der Waals surface area contributed by atoms with Crippen LogP contribution in [0.4, 0.5) is 11.4 Å². The number of carbonyl (C=O) groups excluding carboxylic acids is 1. The Kier molecular flexibility index (Phi) is 5.73. The number of anilines is 1. The largest absolute Gasteiger partial charge is 0.319 e. The molecule has 25 heavy (non-hydrogen) atoms. The maximum atomic E-state index is 12.3. The molecule has 1 amide bonds. The molecule has 0 aliphatic carbocycles. The minimum atomic E-state index is -0.495. The molecule has 0 bridgehead atoms. The molecule has 1 aromatic heterocycles. The van der Waals surface area contributed by atoms with Crippen LogP contribution < -0.4 is 5.32 Å². The summed E-state index contributed by atoms with van der Waals surface area (Å²) in [6.07, 6.45) is 0. The number of hydrogen-bond donors (Lipinski definition) is 1. The number of amides is 1. The fourth-order valence-electron chi connectivity index (χ4n) is 2.22. The van der Waals surface area contributed by atoms with Gasteiger partial charge in [0.2, 0.25) is 5.91 Å². The van der Waals surface area contributed by atoms with E-state index < -0.39 is 4.92 Å². The van der Waals surface area contributed by atoms with E-state index in [4.69, 9.17) is 0 Å². The predicted octanol–water partition coefficient (Wildman–Crippen LogP) is 3.66. The normalized spacial score (nSPS) is 10.6. The highest BCUT2D eigenvalue weighted by atomic mass is 32.2. The van der Waals surface area contributed by atoms with Crippen molar-refractivity contribution >= 4 is 29.0 Å². The van der Waals surface area contributed by atoms with Crippen molar-refractivity contribution in [3.8, 4) is 0 Å². The first-order valence-corrected chi connectivity index (χ1v) is 8.68. The number of benzene rings is 1. The number of nitrogens with zero attached hydrogens (tertiary/aromatic N) is 3. The van der Waals surface area contributed by atoms with Crippen molar-refractivity contribution in [2.24, 2.45) is 0 Å². The van der Waals surface area contributed by atoms with E-state index in [1.165, 1.54) is 17.8 Å². The zero-order chi connectivity index (χ0) is 18.7. The second kappa shape index (κ2) is 7.60. The molecule has 7 nitrogen and oxygen atoms in total. The standard InChI is InChI=1S/C17H20N4O3S/c1-9-6-7-14(21(23)24)16(10(9)2)20-15(22)8-25-17-18-12(4)11(3)13(5)19-17/h6-7H,8H2,1-5H3,(H,20,22). The smallest absolute Gasteiger partial charge is 0.293 e. The van der Waals surface area contributed by atoms with Crippen molar-refractivity contribution in [1.82, 2.24) is 9.97 Å². The number of hydrogen-bond acceptors (Lipinski definition) is 6. The number of rotatable bonds is 5. The van der Waals surface area contributed by atoms with Crippen molar-refractivity contribution in [2.75, 3.05) is 11.1 Å². The molecule has 0 fully saturated rings. The van der Waals surface area contributed by atoms with E-state index in [1.807, 2.05) is 27.7 Å². The van der Waals surface area contributed by atoms with Crippen LogP contribution in [0, 0.1) is 44.7 Å². The van der Waals surface area contributed by atoms with Crippen LogP contribution in [0.25, 0.3) is 0 Å². The zero-order valence-electron chi connectivity index (χ0n) is 14.8. The van der Waals surface area contributed by atoms with Gasteiger partial charge in [0.1, 0.15) is 5.69 Å². The summed E-state index contributed by atoms with van der Waals surface area (Å²) < 4.78 is 0. The summed E-state index contributed by atoms with van der Waals surface area (Å²) in [7, 11) is 0. The van der Waals surface area contributed by atoms with Crippen molar-refractivity contribution in [2.45, 2.75) is 39.8 Å². The second-order valence-electron chi connectivity index (χ2n) is 5.80. The Morgan fingerprint density at radius 3 is 2.28 bits per heavy atom. The molecule has 1 aromatic carbocycles. The third kappa shape index (κ3) is 4.33. The van der Waals surface area contributed by atoms with Crippen LogP contribution in [0.2, 0.25) is 0 Å². The Morgan fingerprint density at radius 2 is 1.72 bits per heavy atom. The van der Waals surface area contributed by atoms with E-state index in [0.717, 1.165) is 22.5 Å². The minimum absolute atomic E-state index is 0.0759. The SMILES string of the molecule is Cc1ccc([N+](=O)[O-])c(NC(=O)CSc2nc(C)c(C)c(C)n2)c1C. The molecule has 0 saturated heterocycles. The summed E-state index contributed by atoms with van der Waals surface area (Å²) in [6, 6.07) is 3.07. The molecule has 1 N–H and O–H groups in total. The molecule has 0 aliphatic heterocycles. The van der Waals surface area contributed by atoms with Gasteiger partial charge in [-0.2, -0.15) is 0 Å². The van der Waals surface area contributed by atoms with Gasteiger partial charge in [0, 0.05) is 17.5 Å². The van der Waals surface area contributed by atoms with E-state index in [0.29, 0.717) is 10.7 Å². The monoisotopic (exact) mass is 360 g/mol. The highest BCUT2D eigenvalue weighted by Crippen LogP contribution is 2.30. The Morgan fingerprint density at radius 1 is 1.12 bits per heavy atom. The van der Waals surface area contributed by atoms with Crippen molar-refractivity contribution < 1.29 is 9.72 Å². The topological polar surface area (TPSA) is 98.0 Å². The molecule has 0 radical (unpaired) electrons. The Balaban J connectivity index is 2.14. The summed E-state index contributed by atoms with van der Waals surface area (Å²) in [6.45, 7) is 9.34. The number of nitrogens with one attached hydrogen (secondary N) is 1. The number of nitro benzene ring substituents is 1. The van der Waals surface area contributed by atoms with Gasteiger partial charge in [-0.3, -0.25) is 14.9 Å². The molecule has 2 aromatic rings. The maximum absolute atomic E-state index is 12.3. The van der Waals surface area contributed by atoms with E-state index in [9.17, 15) is 14.9 Å². The van der Waals surface area contributed by atoms with Gasteiger partial charge in [0.25, 0.3) is 5.69 Å². The van der Waals surface area contributed by atoms with Gasteiger partial charge in [0.15, 0.2) is 5.16 Å². The summed E-state index contributed by atoms with van der Waals surface area (Å²) in [5, 5.41) is 14.4. The molecule has 0 aliphatic rings. The third-order valence-electron chi connectivity index (χ3n) is 4.12. The van der Waals surface area contributed by atoms with Gasteiger partial charge in [-0.05, 0) is 51.3 Å². The van der Waals surface area contributed by atoms with E-state index in [2.05, 4.69) is 15.3 Å². The van der Waals surface area contributed by atoms with Gasteiger partial charge in [-0.15, -0.1) is 0 Å². The first-order valence-electron chi connectivity index (χ1n) is 7.69. The van der Waals surface area contributed by atoms with Crippen LogP contribution in [0.1, 0.15) is 28.1 Å². The van der Waals surface area contributed by atoms with Crippen molar-refractivity contribution in [3.63, 3.8) is 0 Å². The number of aromatic nitrogens is 2. The molecular formula is C17H20N4O3S. The van der Waals surface area contributed by atoms with Gasteiger partial charge in [-0.1, -0.05) is 17.8 Å². The number of carbonyl (C=O) groups is 1. The number of thioether (sulfide) groups is 1. The summed E-state index contributed by atoms with van der Waals surface area (Å²) >= 11 is 1.21. The van der Waals surface area contributed by atoms with Crippen molar-refractivity contribution in [1.29, 1.82) is 0 Å². The summed E-state index contributed by atoms with van der Waals surface area (Å²) in [5.74, 6) is -0.256. The first kappa shape index (κ1) is 18.9. The van der Waals surface area contributed by atoms with Crippen LogP contribution in [-0.4, -0.2) is 26.6 Å². The number of aryl methyl sites for hydroxylation is 3. The average molecular weight is 360 g/mol. The summed E-state index contributed by atoms with van der Waals surface area (Å²) in [5.41, 5.74) is 4.47. The van der Waals surface area contributed by atoms with E-state index in [1.54, 1.807) is 13.0 Å². The second-order valence-corrected chi connectivity index (χ2v) is 6.74. The fourth-order valence-corrected chi connectivity index (χ4v) is 2.96. The van der Waals surface area contributed by atoms with Gasteiger partial charge < -0.3 is 5.32 Å². The van der Waals surface area contributed by atoms with Gasteiger partial charge >= 0.3 is 0 Å². The lowest BCUT2D eigenvalue weighted by molar-refractivity contribution is -0.384.